The third-order valence-electron chi connectivity index (χ3n) is 5.85. The minimum Gasteiger partial charge on any atom is -0.465 e. The fraction of sp³-hybridized carbons (Fsp3) is 0.571. The van der Waals surface area contributed by atoms with Gasteiger partial charge in [0, 0.05) is 38.5 Å². The van der Waals surface area contributed by atoms with Crippen LogP contribution in [0, 0.1) is 5.92 Å². The van der Waals surface area contributed by atoms with E-state index < -0.39 is 36.0 Å². The summed E-state index contributed by atoms with van der Waals surface area (Å²) < 4.78 is 5.68. The second-order valence-electron chi connectivity index (χ2n) is 7.84. The highest BCUT2D eigenvalue weighted by molar-refractivity contribution is 5.92. The number of hydrogen-bond donors (Lipinski definition) is 3. The maximum atomic E-state index is 13.4. The van der Waals surface area contributed by atoms with Gasteiger partial charge in [0.1, 0.15) is 6.04 Å². The topological polar surface area (TPSA) is 123 Å². The Labute approximate surface area is 181 Å². The van der Waals surface area contributed by atoms with Crippen molar-refractivity contribution < 1.29 is 29.4 Å². The summed E-state index contributed by atoms with van der Waals surface area (Å²) in [4.78, 5) is 42.4. The van der Waals surface area contributed by atoms with E-state index in [1.54, 1.807) is 10.4 Å². The number of ether oxygens (including phenoxy) is 1. The molecule has 0 aromatic heterocycles. The monoisotopic (exact) mass is 434 g/mol. The number of carbonyl (C=O) groups excluding carboxylic acids is 2. The SMILES string of the molecule is CCCO[C@H]1C[C@H](C(=O)NO)[C@@H](C(=O)N2CCN(c3ccccc3)CC2)N(C(=O)O)C1. The van der Waals surface area contributed by atoms with Crippen LogP contribution in [0.25, 0.3) is 0 Å². The van der Waals surface area contributed by atoms with Crippen molar-refractivity contribution in [1.29, 1.82) is 0 Å². The van der Waals surface area contributed by atoms with Crippen LogP contribution >= 0.6 is 0 Å². The van der Waals surface area contributed by atoms with Gasteiger partial charge in [0.05, 0.1) is 18.6 Å². The van der Waals surface area contributed by atoms with E-state index in [9.17, 15) is 24.7 Å². The van der Waals surface area contributed by atoms with Crippen LogP contribution in [0.15, 0.2) is 30.3 Å². The Morgan fingerprint density at radius 3 is 2.39 bits per heavy atom. The molecule has 3 rings (SSSR count). The summed E-state index contributed by atoms with van der Waals surface area (Å²) in [7, 11) is 0. The van der Waals surface area contributed by atoms with Crippen molar-refractivity contribution in [3.05, 3.63) is 30.3 Å². The molecule has 3 atom stereocenters. The minimum atomic E-state index is -1.29. The molecule has 10 nitrogen and oxygen atoms in total. The average molecular weight is 434 g/mol. The lowest BCUT2D eigenvalue weighted by molar-refractivity contribution is -0.153. The highest BCUT2D eigenvalue weighted by Gasteiger charge is 2.48. The number of piperidine rings is 1. The first kappa shape index (κ1) is 22.8. The number of hydroxylamine groups is 1. The van der Waals surface area contributed by atoms with Crippen LogP contribution in [0.2, 0.25) is 0 Å². The number of piperazine rings is 1. The largest absolute Gasteiger partial charge is 0.465 e. The normalized spacial score (nSPS) is 24.1. The van der Waals surface area contributed by atoms with E-state index in [0.717, 1.165) is 17.0 Å². The molecule has 0 radical (unpaired) electrons. The van der Waals surface area contributed by atoms with Crippen molar-refractivity contribution in [2.45, 2.75) is 31.9 Å². The summed E-state index contributed by atoms with van der Waals surface area (Å²) in [6.07, 6.45) is -0.899. The number of para-hydroxylation sites is 1. The molecular weight excluding hydrogens is 404 g/mol. The number of benzene rings is 1. The van der Waals surface area contributed by atoms with Crippen LogP contribution in [0.4, 0.5) is 10.5 Å². The fourth-order valence-electron chi connectivity index (χ4n) is 4.29. The van der Waals surface area contributed by atoms with E-state index in [2.05, 4.69) is 4.90 Å². The molecule has 2 fully saturated rings. The van der Waals surface area contributed by atoms with Gasteiger partial charge < -0.3 is 19.6 Å². The van der Waals surface area contributed by atoms with Gasteiger partial charge in [0.2, 0.25) is 11.8 Å². The molecule has 2 heterocycles. The van der Waals surface area contributed by atoms with Crippen LogP contribution in [0.1, 0.15) is 19.8 Å². The molecule has 3 amide bonds. The summed E-state index contributed by atoms with van der Waals surface area (Å²) in [5.74, 6) is -2.23. The first-order valence-electron chi connectivity index (χ1n) is 10.6. The number of rotatable bonds is 6. The molecule has 2 aliphatic rings. The van der Waals surface area contributed by atoms with Crippen LogP contribution in [0.3, 0.4) is 0 Å². The quantitative estimate of drug-likeness (QED) is 0.451. The Kier molecular flexibility index (Phi) is 7.69. The van der Waals surface area contributed by atoms with E-state index in [1.807, 2.05) is 37.3 Å². The lowest BCUT2D eigenvalue weighted by Crippen LogP contribution is -2.64. The molecule has 0 unspecified atom stereocenters. The highest BCUT2D eigenvalue weighted by Crippen LogP contribution is 2.28. The Bertz CT molecular complexity index is 768. The van der Waals surface area contributed by atoms with Crippen molar-refractivity contribution >= 4 is 23.6 Å². The van der Waals surface area contributed by atoms with Crippen molar-refractivity contribution in [2.24, 2.45) is 5.92 Å². The second-order valence-corrected chi connectivity index (χ2v) is 7.84. The standard InChI is InChI=1S/C21H30N4O6/c1-2-12-31-16-13-17(19(26)22-30)18(25(14-16)21(28)29)20(27)24-10-8-23(9-11-24)15-6-4-3-5-7-15/h3-7,16-18,30H,2,8-14H2,1H3,(H,22,26)(H,28,29)/t16-,17-,18-/m0/s1. The van der Waals surface area contributed by atoms with Crippen LogP contribution in [-0.2, 0) is 14.3 Å². The van der Waals surface area contributed by atoms with Gasteiger partial charge >= 0.3 is 6.09 Å². The molecular formula is C21H30N4O6. The van der Waals surface area contributed by atoms with Crippen molar-refractivity contribution in [1.82, 2.24) is 15.3 Å². The third-order valence-corrected chi connectivity index (χ3v) is 5.85. The lowest BCUT2D eigenvalue weighted by Gasteiger charge is -2.44. The first-order chi connectivity index (χ1) is 15.0. The molecule has 170 valence electrons. The average Bonchev–Trinajstić information content (AvgIpc) is 2.81. The molecule has 2 aliphatic heterocycles. The Balaban J connectivity index is 1.74. The van der Waals surface area contributed by atoms with E-state index in [1.165, 1.54) is 0 Å². The van der Waals surface area contributed by atoms with E-state index in [4.69, 9.17) is 4.74 Å². The zero-order valence-corrected chi connectivity index (χ0v) is 17.6. The molecule has 1 aromatic rings. The number of hydrogen-bond acceptors (Lipinski definition) is 6. The number of anilines is 1. The zero-order valence-electron chi connectivity index (χ0n) is 17.6. The summed E-state index contributed by atoms with van der Waals surface area (Å²) in [6.45, 7) is 4.40. The molecule has 3 N–H and O–H groups in total. The van der Waals surface area contributed by atoms with E-state index in [-0.39, 0.29) is 13.0 Å². The predicted molar refractivity (Wildman–Crippen MR) is 112 cm³/mol. The van der Waals surface area contributed by atoms with Gasteiger partial charge in [-0.05, 0) is 25.0 Å². The van der Waals surface area contributed by atoms with Crippen LogP contribution in [-0.4, -0.2) is 89.5 Å². The molecule has 0 bridgehead atoms. The van der Waals surface area contributed by atoms with Crippen molar-refractivity contribution in [2.75, 3.05) is 44.2 Å². The van der Waals surface area contributed by atoms with Gasteiger partial charge in [-0.25, -0.2) is 10.3 Å². The van der Waals surface area contributed by atoms with Gasteiger partial charge in [0.15, 0.2) is 0 Å². The zero-order chi connectivity index (χ0) is 22.4. The first-order valence-corrected chi connectivity index (χ1v) is 10.6. The van der Waals surface area contributed by atoms with E-state index >= 15 is 0 Å². The van der Waals surface area contributed by atoms with Gasteiger partial charge in [-0.15, -0.1) is 0 Å². The van der Waals surface area contributed by atoms with Crippen molar-refractivity contribution in [3.63, 3.8) is 0 Å². The highest BCUT2D eigenvalue weighted by atomic mass is 16.5. The number of carboxylic acid groups (broad SMARTS) is 1. The minimum absolute atomic E-state index is 0.00489. The fourth-order valence-corrected chi connectivity index (χ4v) is 4.29. The van der Waals surface area contributed by atoms with Crippen LogP contribution in [0.5, 0.6) is 0 Å². The number of likely N-dealkylation sites (tertiary alicyclic amines) is 1. The lowest BCUT2D eigenvalue weighted by atomic mass is 9.86. The molecule has 1 aromatic carbocycles. The van der Waals surface area contributed by atoms with Gasteiger partial charge in [-0.3, -0.25) is 19.7 Å². The molecule has 2 saturated heterocycles. The molecule has 0 aliphatic carbocycles. The second kappa shape index (κ2) is 10.5. The summed E-state index contributed by atoms with van der Waals surface area (Å²) in [5, 5.41) is 19.0. The number of amides is 3. The Morgan fingerprint density at radius 1 is 1.13 bits per heavy atom. The maximum absolute atomic E-state index is 13.4. The molecule has 0 saturated carbocycles. The van der Waals surface area contributed by atoms with Crippen LogP contribution < -0.4 is 10.4 Å². The maximum Gasteiger partial charge on any atom is 0.408 e. The summed E-state index contributed by atoms with van der Waals surface area (Å²) in [6, 6.07) is 8.65. The number of carbonyl (C=O) groups is 3. The predicted octanol–water partition coefficient (Wildman–Crippen LogP) is 1.00. The number of nitrogens with zero attached hydrogens (tertiary/aromatic N) is 3. The third kappa shape index (κ3) is 5.26. The summed E-state index contributed by atoms with van der Waals surface area (Å²) in [5.41, 5.74) is 2.66. The smallest absolute Gasteiger partial charge is 0.408 e. The van der Waals surface area contributed by atoms with Gasteiger partial charge in [0.25, 0.3) is 0 Å². The molecule has 31 heavy (non-hydrogen) atoms. The Morgan fingerprint density at radius 2 is 1.81 bits per heavy atom. The molecule has 0 spiro atoms. The molecule has 10 heteroatoms. The van der Waals surface area contributed by atoms with Gasteiger partial charge in [-0.1, -0.05) is 25.1 Å². The number of nitrogens with one attached hydrogen (secondary N) is 1. The van der Waals surface area contributed by atoms with Gasteiger partial charge in [-0.2, -0.15) is 0 Å². The summed E-state index contributed by atoms with van der Waals surface area (Å²) >= 11 is 0. The Hall–Kier alpha value is -2.85. The van der Waals surface area contributed by atoms with Crippen molar-refractivity contribution in [3.8, 4) is 0 Å². The van der Waals surface area contributed by atoms with E-state index in [0.29, 0.717) is 32.8 Å².